The molecule has 2 amide bonds. The summed E-state index contributed by atoms with van der Waals surface area (Å²) in [6.45, 7) is 0.885. The Balaban J connectivity index is 1.21. The van der Waals surface area contributed by atoms with Crippen molar-refractivity contribution in [2.24, 2.45) is 5.92 Å². The highest BCUT2D eigenvalue weighted by Crippen LogP contribution is 2.28. The number of anilines is 2. The first-order chi connectivity index (χ1) is 18.8. The van der Waals surface area contributed by atoms with E-state index < -0.39 is 16.1 Å². The van der Waals surface area contributed by atoms with Crippen LogP contribution in [0.2, 0.25) is 4.34 Å². The van der Waals surface area contributed by atoms with Gasteiger partial charge in [-0.3, -0.25) is 9.36 Å². The molecule has 1 aliphatic carbocycles. The highest BCUT2D eigenvalue weighted by molar-refractivity contribution is 7.92. The fourth-order valence-corrected chi connectivity index (χ4v) is 7.08. The Morgan fingerprint density at radius 3 is 2.59 bits per heavy atom. The van der Waals surface area contributed by atoms with E-state index >= 15 is 0 Å². The molecule has 3 heterocycles. The maximum absolute atomic E-state index is 13.1. The van der Waals surface area contributed by atoms with Crippen LogP contribution >= 0.6 is 22.9 Å². The molecule has 4 aromatic rings. The molecule has 1 aromatic carbocycles. The smallest absolute Gasteiger partial charge is 0.333 e. The number of carbonyl (C=O) groups excluding carboxylic acids is 1. The van der Waals surface area contributed by atoms with E-state index in [1.54, 1.807) is 6.07 Å². The van der Waals surface area contributed by atoms with Gasteiger partial charge in [0.2, 0.25) is 0 Å². The average Bonchev–Trinajstić information content (AvgIpc) is 3.59. The summed E-state index contributed by atoms with van der Waals surface area (Å²) in [5.74, 6) is 1.17. The van der Waals surface area contributed by atoms with Crippen molar-refractivity contribution < 1.29 is 13.2 Å². The number of fused-ring (bicyclic) bond motifs is 1. The average molecular weight is 587 g/mol. The fourth-order valence-electron chi connectivity index (χ4n) is 4.69. The van der Waals surface area contributed by atoms with Gasteiger partial charge >= 0.3 is 6.03 Å². The molecule has 10 nitrogen and oxygen atoms in total. The number of thiophene rings is 1. The standard InChI is InChI=1S/C26H27ClN6O4S2/c27-22-10-12-24(38-22)39(36,37)32-26(35)31-19-8-11-23(29-15-19)33-16-30-21-14-18(7-9-20(21)25(33)34)28-13-3-6-17-4-1-2-5-17/h7-12,14-17,28H,1-6,13H2,(H2,31,32,35). The van der Waals surface area contributed by atoms with E-state index in [1.807, 2.05) is 16.9 Å². The minimum atomic E-state index is -4.06. The van der Waals surface area contributed by atoms with E-state index in [9.17, 15) is 18.0 Å². The number of halogens is 1. The van der Waals surface area contributed by atoms with Crippen LogP contribution in [-0.2, 0) is 10.0 Å². The van der Waals surface area contributed by atoms with Gasteiger partial charge in [-0.15, -0.1) is 11.3 Å². The lowest BCUT2D eigenvalue weighted by atomic mass is 10.0. The topological polar surface area (TPSA) is 135 Å². The normalized spacial score (nSPS) is 14.0. The molecule has 39 heavy (non-hydrogen) atoms. The van der Waals surface area contributed by atoms with Crippen molar-refractivity contribution >= 4 is 61.3 Å². The summed E-state index contributed by atoms with van der Waals surface area (Å²) in [6, 6.07) is 10.3. The molecule has 204 valence electrons. The van der Waals surface area contributed by atoms with E-state index in [0.29, 0.717) is 16.7 Å². The van der Waals surface area contributed by atoms with Gasteiger partial charge in [-0.2, -0.15) is 0 Å². The number of amides is 2. The third kappa shape index (κ3) is 6.57. The van der Waals surface area contributed by atoms with Gasteiger partial charge in [0, 0.05) is 12.2 Å². The van der Waals surface area contributed by atoms with Gasteiger partial charge in [0.25, 0.3) is 15.6 Å². The predicted molar refractivity (Wildman–Crippen MR) is 153 cm³/mol. The van der Waals surface area contributed by atoms with E-state index in [0.717, 1.165) is 35.9 Å². The highest BCUT2D eigenvalue weighted by atomic mass is 35.5. The van der Waals surface area contributed by atoms with Crippen molar-refractivity contribution in [2.45, 2.75) is 42.7 Å². The summed E-state index contributed by atoms with van der Waals surface area (Å²) in [7, 11) is -4.06. The van der Waals surface area contributed by atoms with Crippen LogP contribution in [0.1, 0.15) is 38.5 Å². The SMILES string of the molecule is O=C(Nc1ccc(-n2cnc3cc(NCCCC4CCCC4)ccc3c2=O)nc1)NS(=O)(=O)c1ccc(Cl)s1. The Morgan fingerprint density at radius 1 is 1.08 bits per heavy atom. The lowest BCUT2D eigenvalue weighted by Crippen LogP contribution is -2.34. The van der Waals surface area contributed by atoms with E-state index in [-0.39, 0.29) is 19.8 Å². The van der Waals surface area contributed by atoms with E-state index in [4.69, 9.17) is 11.6 Å². The summed E-state index contributed by atoms with van der Waals surface area (Å²) < 4.78 is 28.0. The Kier molecular flexibility index (Phi) is 8.15. The Bertz CT molecular complexity index is 1650. The van der Waals surface area contributed by atoms with Crippen LogP contribution in [0.15, 0.2) is 64.0 Å². The zero-order chi connectivity index (χ0) is 27.4. The van der Waals surface area contributed by atoms with Gasteiger partial charge in [-0.05, 0) is 61.2 Å². The number of hydrogen-bond acceptors (Lipinski definition) is 8. The lowest BCUT2D eigenvalue weighted by molar-refractivity contribution is 0.256. The molecule has 0 unspecified atom stereocenters. The molecule has 1 fully saturated rings. The molecular weight excluding hydrogens is 560 g/mol. The molecular formula is C26H27ClN6O4S2. The Morgan fingerprint density at radius 2 is 1.87 bits per heavy atom. The first kappa shape index (κ1) is 27.1. The number of nitrogens with zero attached hydrogens (tertiary/aromatic N) is 3. The van der Waals surface area contributed by atoms with Crippen LogP contribution < -0.4 is 20.9 Å². The monoisotopic (exact) mass is 586 g/mol. The molecule has 3 N–H and O–H groups in total. The van der Waals surface area contributed by atoms with Crippen LogP contribution in [-0.4, -0.2) is 35.5 Å². The minimum absolute atomic E-state index is 0.0819. The van der Waals surface area contributed by atoms with Crippen molar-refractivity contribution in [1.29, 1.82) is 0 Å². The van der Waals surface area contributed by atoms with Crippen molar-refractivity contribution in [2.75, 3.05) is 17.2 Å². The molecule has 0 bridgehead atoms. The van der Waals surface area contributed by atoms with Crippen molar-refractivity contribution in [1.82, 2.24) is 19.3 Å². The molecule has 13 heteroatoms. The summed E-state index contributed by atoms with van der Waals surface area (Å²) in [4.78, 5) is 34.0. The van der Waals surface area contributed by atoms with Gasteiger partial charge < -0.3 is 10.6 Å². The summed E-state index contributed by atoms with van der Waals surface area (Å²) in [5.41, 5.74) is 1.47. The largest absolute Gasteiger partial charge is 0.385 e. The van der Waals surface area contributed by atoms with Crippen LogP contribution in [0.5, 0.6) is 0 Å². The van der Waals surface area contributed by atoms with Gasteiger partial charge in [0.15, 0.2) is 0 Å². The van der Waals surface area contributed by atoms with Crippen molar-refractivity contribution in [3.8, 4) is 5.82 Å². The number of sulfonamides is 1. The predicted octanol–water partition coefficient (Wildman–Crippen LogP) is 5.39. The quantitative estimate of drug-likeness (QED) is 0.224. The second-order valence-corrected chi connectivity index (χ2v) is 13.0. The summed E-state index contributed by atoms with van der Waals surface area (Å²) in [6.07, 6.45) is 10.5. The molecule has 1 saturated carbocycles. The second kappa shape index (κ2) is 11.7. The molecule has 0 aliphatic heterocycles. The van der Waals surface area contributed by atoms with Crippen molar-refractivity contribution in [3.05, 3.63) is 69.7 Å². The van der Waals surface area contributed by atoms with Gasteiger partial charge in [-0.1, -0.05) is 37.3 Å². The third-order valence-electron chi connectivity index (χ3n) is 6.65. The van der Waals surface area contributed by atoms with Crippen molar-refractivity contribution in [3.63, 3.8) is 0 Å². The van der Waals surface area contributed by atoms with Gasteiger partial charge in [0.1, 0.15) is 16.4 Å². The summed E-state index contributed by atoms with van der Waals surface area (Å²) >= 11 is 6.61. The maximum Gasteiger partial charge on any atom is 0.333 e. The molecule has 0 radical (unpaired) electrons. The van der Waals surface area contributed by atoms with E-state index in [1.165, 1.54) is 73.5 Å². The first-order valence-electron chi connectivity index (χ1n) is 12.6. The Labute approximate surface area is 234 Å². The number of benzene rings is 1. The zero-order valence-corrected chi connectivity index (χ0v) is 23.3. The molecule has 0 spiro atoms. The Hall–Kier alpha value is -3.48. The molecule has 3 aromatic heterocycles. The molecule has 1 aliphatic rings. The number of rotatable bonds is 9. The number of hydrogen-bond donors (Lipinski definition) is 3. The lowest BCUT2D eigenvalue weighted by Gasteiger charge is -2.11. The number of aromatic nitrogens is 3. The van der Waals surface area contributed by atoms with Crippen LogP contribution in [0, 0.1) is 5.92 Å². The highest BCUT2D eigenvalue weighted by Gasteiger charge is 2.20. The first-order valence-corrected chi connectivity index (χ1v) is 15.3. The molecule has 5 rings (SSSR count). The number of nitrogens with one attached hydrogen (secondary N) is 3. The number of carbonyl (C=O) groups is 1. The van der Waals surface area contributed by atoms with Gasteiger partial charge in [-0.25, -0.2) is 27.9 Å². The number of urea groups is 1. The summed E-state index contributed by atoms with van der Waals surface area (Å²) in [5, 5.41) is 6.29. The molecule has 0 atom stereocenters. The maximum atomic E-state index is 13.1. The second-order valence-electron chi connectivity index (χ2n) is 9.39. The van der Waals surface area contributed by atoms with Crippen LogP contribution in [0.4, 0.5) is 16.2 Å². The van der Waals surface area contributed by atoms with Crippen LogP contribution in [0.3, 0.4) is 0 Å². The third-order valence-corrected chi connectivity index (χ3v) is 9.70. The minimum Gasteiger partial charge on any atom is -0.385 e. The van der Waals surface area contributed by atoms with E-state index in [2.05, 4.69) is 20.6 Å². The zero-order valence-electron chi connectivity index (χ0n) is 20.9. The van der Waals surface area contributed by atoms with Crippen LogP contribution in [0.25, 0.3) is 16.7 Å². The number of pyridine rings is 1. The fraction of sp³-hybridized carbons (Fsp3) is 0.308. The molecule has 0 saturated heterocycles. The van der Waals surface area contributed by atoms with Gasteiger partial charge in [0.05, 0.1) is 27.1 Å².